The third-order valence-corrected chi connectivity index (χ3v) is 11.9. The smallest absolute Gasteiger partial charge is 0.357 e. The highest BCUT2D eigenvalue weighted by atomic mass is 79.9. The number of aromatic amines is 1. The number of carbonyl (C=O) groups excluding carboxylic acids is 2. The fourth-order valence-corrected chi connectivity index (χ4v) is 8.47. The second-order valence-corrected chi connectivity index (χ2v) is 17.0. The molecule has 2 aliphatic rings. The molecule has 2 fully saturated rings. The Bertz CT molecular complexity index is 2840. The van der Waals surface area contributed by atoms with Crippen LogP contribution in [-0.4, -0.2) is 104 Å². The van der Waals surface area contributed by atoms with Gasteiger partial charge in [-0.15, -0.1) is 0 Å². The lowest BCUT2D eigenvalue weighted by Gasteiger charge is -2.19. The van der Waals surface area contributed by atoms with Gasteiger partial charge in [-0.05, 0) is 113 Å². The maximum absolute atomic E-state index is 12.8. The number of aryl methyl sites for hydroxylation is 2. The third-order valence-electron chi connectivity index (χ3n) is 11.3. The van der Waals surface area contributed by atoms with E-state index in [9.17, 15) is 40.7 Å². The van der Waals surface area contributed by atoms with E-state index in [4.69, 9.17) is 0 Å². The van der Waals surface area contributed by atoms with Gasteiger partial charge in [-0.3, -0.25) is 4.79 Å². The van der Waals surface area contributed by atoms with Crippen molar-refractivity contribution in [2.24, 2.45) is 11.8 Å². The maximum Gasteiger partial charge on any atom is 0.389 e. The van der Waals surface area contributed by atoms with Gasteiger partial charge in [0.15, 0.2) is 5.65 Å². The molecule has 0 bridgehead atoms. The summed E-state index contributed by atoms with van der Waals surface area (Å²) in [5.74, 6) is -0.304. The van der Waals surface area contributed by atoms with Crippen LogP contribution in [0.2, 0.25) is 0 Å². The molecule has 2 atom stereocenters. The number of amides is 4. The molecule has 22 heteroatoms. The molecular formula is C44H45BrF6N12O3. The highest BCUT2D eigenvalue weighted by Gasteiger charge is 2.38. The SMILES string of the molecule is CNc1ncc2cc(-c3cc(NC(=O)N4CC[C@@H](CC(F)(F)F)C4)ccc3C)c(=O)[nH]c2n1.CNc1ncc2cc(-c3cc(NC(=O)N4CC[C@@H](CC(F)(F)F)C4)ccc3C)c(Br)nc2n1. The number of alkyl halides is 6. The molecule has 2 aliphatic heterocycles. The summed E-state index contributed by atoms with van der Waals surface area (Å²) in [7, 11) is 3.40. The van der Waals surface area contributed by atoms with E-state index in [1.54, 1.807) is 56.8 Å². The van der Waals surface area contributed by atoms with Gasteiger partial charge in [0.1, 0.15) is 10.3 Å². The number of carbonyl (C=O) groups is 2. The monoisotopic (exact) mass is 982 g/mol. The molecule has 2 aromatic carbocycles. The second kappa shape index (κ2) is 19.5. The summed E-state index contributed by atoms with van der Waals surface area (Å²) in [6.07, 6.45) is -6.28. The average Bonchev–Trinajstić information content (AvgIpc) is 3.93. The Hall–Kier alpha value is -6.58. The van der Waals surface area contributed by atoms with Gasteiger partial charge in [-0.2, -0.15) is 36.3 Å². The number of urea groups is 2. The zero-order valence-electron chi connectivity index (χ0n) is 36.1. The molecule has 6 heterocycles. The number of anilines is 4. The van der Waals surface area contributed by atoms with Crippen LogP contribution < -0.4 is 26.8 Å². The second-order valence-electron chi connectivity index (χ2n) is 16.2. The highest BCUT2D eigenvalue weighted by molar-refractivity contribution is 9.10. The van der Waals surface area contributed by atoms with Gasteiger partial charge in [0.2, 0.25) is 11.9 Å². The minimum atomic E-state index is -4.24. The quantitative estimate of drug-likeness (QED) is 0.0726. The van der Waals surface area contributed by atoms with E-state index >= 15 is 0 Å². The van der Waals surface area contributed by atoms with Crippen molar-refractivity contribution in [2.75, 3.05) is 61.5 Å². The number of hydrogen-bond acceptors (Lipinski definition) is 10. The molecule has 0 unspecified atom stereocenters. The molecule has 0 radical (unpaired) electrons. The van der Waals surface area contributed by atoms with E-state index < -0.39 is 49.1 Å². The Labute approximate surface area is 382 Å². The third kappa shape index (κ3) is 11.6. The fourth-order valence-electron chi connectivity index (χ4n) is 7.97. The van der Waals surface area contributed by atoms with Crippen molar-refractivity contribution in [3.05, 3.63) is 87.0 Å². The van der Waals surface area contributed by atoms with Gasteiger partial charge in [0.05, 0.1) is 0 Å². The minimum Gasteiger partial charge on any atom is -0.357 e. The number of likely N-dealkylation sites (tertiary alicyclic amines) is 2. The molecule has 0 spiro atoms. The van der Waals surface area contributed by atoms with Crippen LogP contribution in [0.1, 0.15) is 36.8 Å². The van der Waals surface area contributed by atoms with Crippen molar-refractivity contribution in [3.63, 3.8) is 0 Å². The van der Waals surface area contributed by atoms with E-state index in [1.807, 2.05) is 32.0 Å². The molecule has 5 N–H and O–H groups in total. The maximum atomic E-state index is 12.8. The molecule has 6 aromatic rings. The number of benzene rings is 2. The van der Waals surface area contributed by atoms with Crippen LogP contribution in [0.5, 0.6) is 0 Å². The molecule has 0 saturated carbocycles. The largest absolute Gasteiger partial charge is 0.389 e. The van der Waals surface area contributed by atoms with Crippen LogP contribution in [0.4, 0.5) is 59.2 Å². The first-order valence-electron chi connectivity index (χ1n) is 20.8. The molecule has 4 aromatic heterocycles. The molecule has 348 valence electrons. The van der Waals surface area contributed by atoms with E-state index in [0.717, 1.165) is 27.6 Å². The number of H-pyrrole nitrogens is 1. The predicted octanol–water partition coefficient (Wildman–Crippen LogP) is 9.75. The Morgan fingerprint density at radius 3 is 1.70 bits per heavy atom. The topological polar surface area (TPSA) is 186 Å². The Morgan fingerprint density at radius 1 is 0.697 bits per heavy atom. The van der Waals surface area contributed by atoms with E-state index in [1.165, 1.54) is 9.80 Å². The van der Waals surface area contributed by atoms with Crippen LogP contribution >= 0.6 is 15.9 Å². The molecule has 15 nitrogen and oxygen atoms in total. The van der Waals surface area contributed by atoms with Gasteiger partial charge >= 0.3 is 24.4 Å². The summed E-state index contributed by atoms with van der Waals surface area (Å²) in [4.78, 5) is 65.1. The first kappa shape index (κ1) is 47.4. The van der Waals surface area contributed by atoms with E-state index in [2.05, 4.69) is 67.1 Å². The average molecular weight is 984 g/mol. The number of aromatic nitrogens is 6. The molecule has 8 rings (SSSR count). The van der Waals surface area contributed by atoms with Crippen LogP contribution in [0.25, 0.3) is 44.3 Å². The number of pyridine rings is 2. The van der Waals surface area contributed by atoms with Gasteiger partial charge < -0.3 is 36.1 Å². The first-order chi connectivity index (χ1) is 31.2. The standard InChI is InChI=1S/C22H22BrF3N6O.C22H23F3N6O2/c1-12-3-4-15(29-21(33)32-6-5-13(11-32)9-22(24,25)26)8-16(12)17-7-14-10-28-20(27-2)31-19(14)30-18(17)23;1-12-3-4-15(28-21(33)31-6-5-13(11-31)9-22(23,24)25)8-16(12)17-7-14-10-27-20(26-2)30-18(14)29-19(17)32/h3-4,7-8,10,13H,5-6,9,11H2,1-2H3,(H,29,33)(H,27,28,30,31);3-4,7-8,10,13H,5-6,9,11H2,1-2H3,(H,28,33)(H2,26,27,29,30,32)/t2*13-/m00/s1. The van der Waals surface area contributed by atoms with Crippen LogP contribution in [0.15, 0.2) is 70.3 Å². The van der Waals surface area contributed by atoms with Crippen molar-refractivity contribution < 1.29 is 35.9 Å². The van der Waals surface area contributed by atoms with Gasteiger partial charge in [0, 0.05) is 98.8 Å². The summed E-state index contributed by atoms with van der Waals surface area (Å²) in [5.41, 5.74) is 6.03. The number of nitrogens with zero attached hydrogens (tertiary/aromatic N) is 7. The number of nitrogens with one attached hydrogen (secondary N) is 5. The van der Waals surface area contributed by atoms with Crippen molar-refractivity contribution >= 4 is 73.3 Å². The highest BCUT2D eigenvalue weighted by Crippen LogP contribution is 2.36. The summed E-state index contributed by atoms with van der Waals surface area (Å²) < 4.78 is 76.5. The van der Waals surface area contributed by atoms with E-state index in [-0.39, 0.29) is 25.2 Å². The Kier molecular flexibility index (Phi) is 14.0. The summed E-state index contributed by atoms with van der Waals surface area (Å²) in [6, 6.07) is 13.3. The summed E-state index contributed by atoms with van der Waals surface area (Å²) >= 11 is 3.52. The predicted molar refractivity (Wildman–Crippen MR) is 243 cm³/mol. The summed E-state index contributed by atoms with van der Waals surface area (Å²) in [6.45, 7) is 4.51. The van der Waals surface area contributed by atoms with Gasteiger partial charge in [-0.1, -0.05) is 12.1 Å². The van der Waals surface area contributed by atoms with Crippen molar-refractivity contribution in [3.8, 4) is 22.3 Å². The minimum absolute atomic E-state index is 0.0585. The van der Waals surface area contributed by atoms with Crippen LogP contribution in [0, 0.1) is 25.7 Å². The zero-order valence-corrected chi connectivity index (χ0v) is 37.7. The fraction of sp³-hybridized carbons (Fsp3) is 0.364. The van der Waals surface area contributed by atoms with Gasteiger partial charge in [-0.25, -0.2) is 24.5 Å². The van der Waals surface area contributed by atoms with Crippen LogP contribution in [-0.2, 0) is 0 Å². The lowest BCUT2D eigenvalue weighted by molar-refractivity contribution is -0.144. The number of halogens is 7. The molecule has 66 heavy (non-hydrogen) atoms. The molecule has 0 aliphatic carbocycles. The van der Waals surface area contributed by atoms with Crippen molar-refractivity contribution in [1.82, 2.24) is 39.7 Å². The van der Waals surface area contributed by atoms with Gasteiger partial charge in [0.25, 0.3) is 5.56 Å². The molecular weight excluding hydrogens is 938 g/mol. The lowest BCUT2D eigenvalue weighted by Crippen LogP contribution is -2.33. The number of rotatable bonds is 8. The Morgan fingerprint density at radius 2 is 1.18 bits per heavy atom. The molecule has 4 amide bonds. The van der Waals surface area contributed by atoms with Crippen LogP contribution in [0.3, 0.4) is 0 Å². The van der Waals surface area contributed by atoms with E-state index in [0.29, 0.717) is 75.1 Å². The summed E-state index contributed by atoms with van der Waals surface area (Å²) in [5, 5.41) is 12.6. The number of fused-ring (bicyclic) bond motifs is 2. The van der Waals surface area contributed by atoms with Crippen molar-refractivity contribution in [2.45, 2.75) is 51.9 Å². The first-order valence-corrected chi connectivity index (χ1v) is 21.6. The lowest BCUT2D eigenvalue weighted by atomic mass is 10.0. The normalized spacial score (nSPS) is 16.3. The molecule has 2 saturated heterocycles. The Balaban J connectivity index is 0.000000196. The van der Waals surface area contributed by atoms with Crippen molar-refractivity contribution in [1.29, 1.82) is 0 Å². The zero-order chi connectivity index (χ0) is 47.5. The number of hydrogen-bond donors (Lipinski definition) is 5.